The number of halogens is 2. The third-order valence-electron chi connectivity index (χ3n) is 3.66. The average molecular weight is 367 g/mol. The van der Waals surface area contributed by atoms with E-state index in [-0.39, 0.29) is 11.9 Å². The molecule has 0 saturated carbocycles. The highest BCUT2D eigenvalue weighted by Crippen LogP contribution is 2.17. The van der Waals surface area contributed by atoms with Gasteiger partial charge in [0.05, 0.1) is 6.10 Å². The molecule has 0 aliphatic carbocycles. The van der Waals surface area contributed by atoms with Gasteiger partial charge in [-0.1, -0.05) is 62.4 Å². The lowest BCUT2D eigenvalue weighted by Crippen LogP contribution is -1.95. The number of carbonyl (C=O) groups excluding carboxylic acids is 1. The SMILES string of the molecule is CCC(=O)c1ccc(CCl)cc1.CCC(O)c1ccc(CCl)cc1. The van der Waals surface area contributed by atoms with Crippen LogP contribution in [-0.2, 0) is 11.8 Å². The van der Waals surface area contributed by atoms with Crippen LogP contribution in [0.2, 0.25) is 0 Å². The maximum absolute atomic E-state index is 11.2. The molecule has 0 aliphatic heterocycles. The number of hydrogen-bond donors (Lipinski definition) is 1. The molecule has 2 aromatic rings. The molecule has 4 heteroatoms. The maximum Gasteiger partial charge on any atom is 0.162 e. The van der Waals surface area contributed by atoms with Crippen LogP contribution in [0.25, 0.3) is 0 Å². The van der Waals surface area contributed by atoms with Crippen LogP contribution in [-0.4, -0.2) is 10.9 Å². The molecular formula is C20H24Cl2O2. The van der Waals surface area contributed by atoms with E-state index in [0.29, 0.717) is 18.2 Å². The minimum absolute atomic E-state index is 0.177. The molecule has 0 aliphatic rings. The van der Waals surface area contributed by atoms with Gasteiger partial charge in [-0.3, -0.25) is 4.79 Å². The molecule has 2 nitrogen and oxygen atoms in total. The Labute approximate surface area is 154 Å². The van der Waals surface area contributed by atoms with E-state index in [0.717, 1.165) is 28.7 Å². The summed E-state index contributed by atoms with van der Waals surface area (Å²) in [6.07, 6.45) is 0.967. The van der Waals surface area contributed by atoms with Crippen LogP contribution < -0.4 is 0 Å². The summed E-state index contributed by atoms with van der Waals surface area (Å²) in [6.45, 7) is 3.82. The molecule has 0 bridgehead atoms. The van der Waals surface area contributed by atoms with Crippen molar-refractivity contribution < 1.29 is 9.90 Å². The third-order valence-corrected chi connectivity index (χ3v) is 4.27. The van der Waals surface area contributed by atoms with Gasteiger partial charge in [-0.25, -0.2) is 0 Å². The Hall–Kier alpha value is -1.35. The van der Waals surface area contributed by atoms with Gasteiger partial charge in [0, 0.05) is 23.7 Å². The topological polar surface area (TPSA) is 37.3 Å². The predicted molar refractivity (Wildman–Crippen MR) is 102 cm³/mol. The average Bonchev–Trinajstić information content (AvgIpc) is 2.67. The molecule has 130 valence electrons. The van der Waals surface area contributed by atoms with Crippen molar-refractivity contribution in [2.24, 2.45) is 0 Å². The van der Waals surface area contributed by atoms with E-state index in [9.17, 15) is 9.90 Å². The van der Waals surface area contributed by atoms with Crippen LogP contribution in [0.4, 0.5) is 0 Å². The Kier molecular flexibility index (Phi) is 9.70. The van der Waals surface area contributed by atoms with E-state index < -0.39 is 0 Å². The highest BCUT2D eigenvalue weighted by Gasteiger charge is 2.03. The Morgan fingerprint density at radius 2 is 1.38 bits per heavy atom. The summed E-state index contributed by atoms with van der Waals surface area (Å²) in [6, 6.07) is 15.2. The van der Waals surface area contributed by atoms with E-state index in [1.54, 1.807) is 0 Å². The first-order valence-electron chi connectivity index (χ1n) is 8.06. The quantitative estimate of drug-likeness (QED) is 0.511. The van der Waals surface area contributed by atoms with Gasteiger partial charge in [0.15, 0.2) is 5.78 Å². The van der Waals surface area contributed by atoms with Gasteiger partial charge < -0.3 is 5.11 Å². The molecule has 2 aromatic carbocycles. The van der Waals surface area contributed by atoms with Crippen molar-refractivity contribution in [2.45, 2.75) is 44.6 Å². The second kappa shape index (κ2) is 11.2. The molecule has 1 N–H and O–H groups in total. The number of aliphatic hydroxyl groups is 1. The van der Waals surface area contributed by atoms with Crippen LogP contribution in [0.3, 0.4) is 0 Å². The second-order valence-electron chi connectivity index (χ2n) is 5.41. The Morgan fingerprint density at radius 1 is 0.917 bits per heavy atom. The molecule has 0 radical (unpaired) electrons. The predicted octanol–water partition coefficient (Wildman–Crippen LogP) is 5.89. The summed E-state index contributed by atoms with van der Waals surface area (Å²) in [4.78, 5) is 11.2. The van der Waals surface area contributed by atoms with Gasteiger partial charge in [0.25, 0.3) is 0 Å². The Bertz CT molecular complexity index is 607. The third kappa shape index (κ3) is 6.64. The van der Waals surface area contributed by atoms with Crippen LogP contribution in [0, 0.1) is 0 Å². The van der Waals surface area contributed by atoms with Crippen molar-refractivity contribution in [3.05, 3.63) is 70.8 Å². The summed E-state index contributed by atoms with van der Waals surface area (Å²) in [5, 5.41) is 9.46. The van der Waals surface area contributed by atoms with E-state index in [2.05, 4.69) is 0 Å². The molecule has 0 spiro atoms. The van der Waals surface area contributed by atoms with E-state index in [1.165, 1.54) is 0 Å². The molecule has 0 heterocycles. The number of benzene rings is 2. The lowest BCUT2D eigenvalue weighted by Gasteiger charge is -2.07. The summed E-state index contributed by atoms with van der Waals surface area (Å²) >= 11 is 11.2. The van der Waals surface area contributed by atoms with Gasteiger partial charge in [0.1, 0.15) is 0 Å². The standard InChI is InChI=1S/C10H13ClO.C10H11ClO/c2*1-2-10(12)9-5-3-8(7-11)4-6-9/h3-6,10,12H,2,7H2,1H3;3-6H,2,7H2,1H3. The van der Waals surface area contributed by atoms with Gasteiger partial charge >= 0.3 is 0 Å². The number of Topliss-reactive ketones (excluding diaryl/α,β-unsaturated/α-hetero) is 1. The van der Waals surface area contributed by atoms with Gasteiger partial charge in [-0.15, -0.1) is 23.2 Å². The Balaban J connectivity index is 0.000000240. The van der Waals surface area contributed by atoms with Crippen molar-refractivity contribution in [3.63, 3.8) is 0 Å². The highest BCUT2D eigenvalue weighted by atomic mass is 35.5. The summed E-state index contributed by atoms with van der Waals surface area (Å²) in [5.41, 5.74) is 3.87. The van der Waals surface area contributed by atoms with Crippen LogP contribution in [0.5, 0.6) is 0 Å². The number of ketones is 1. The number of carbonyl (C=O) groups is 1. The molecular weight excluding hydrogens is 343 g/mol. The summed E-state index contributed by atoms with van der Waals surface area (Å²) < 4.78 is 0. The first-order chi connectivity index (χ1) is 11.5. The number of alkyl halides is 2. The molecule has 24 heavy (non-hydrogen) atoms. The zero-order valence-electron chi connectivity index (χ0n) is 14.1. The number of hydrogen-bond acceptors (Lipinski definition) is 2. The smallest absolute Gasteiger partial charge is 0.162 e. The fourth-order valence-electron chi connectivity index (χ4n) is 2.05. The largest absolute Gasteiger partial charge is 0.388 e. The molecule has 0 fully saturated rings. The fraction of sp³-hybridized carbons (Fsp3) is 0.350. The monoisotopic (exact) mass is 366 g/mol. The lowest BCUT2D eigenvalue weighted by molar-refractivity contribution is 0.0988. The number of rotatable bonds is 6. The highest BCUT2D eigenvalue weighted by molar-refractivity contribution is 6.17. The van der Waals surface area contributed by atoms with Crippen molar-refractivity contribution in [2.75, 3.05) is 0 Å². The lowest BCUT2D eigenvalue weighted by atomic mass is 10.1. The molecule has 0 aromatic heterocycles. The van der Waals surface area contributed by atoms with Crippen molar-refractivity contribution in [1.82, 2.24) is 0 Å². The molecule has 1 atom stereocenters. The minimum atomic E-state index is -0.339. The van der Waals surface area contributed by atoms with Crippen molar-refractivity contribution in [1.29, 1.82) is 0 Å². The van der Waals surface area contributed by atoms with E-state index in [1.807, 2.05) is 62.4 Å². The molecule has 1 unspecified atom stereocenters. The normalized spacial score (nSPS) is 11.4. The zero-order valence-corrected chi connectivity index (χ0v) is 15.6. The summed E-state index contributed by atoms with van der Waals surface area (Å²) in [7, 11) is 0. The van der Waals surface area contributed by atoms with Gasteiger partial charge in [0.2, 0.25) is 0 Å². The van der Waals surface area contributed by atoms with Crippen LogP contribution in [0.1, 0.15) is 59.8 Å². The van der Waals surface area contributed by atoms with Gasteiger partial charge in [-0.05, 0) is 23.1 Å². The minimum Gasteiger partial charge on any atom is -0.388 e. The fourth-order valence-corrected chi connectivity index (χ4v) is 2.40. The van der Waals surface area contributed by atoms with Crippen molar-refractivity contribution >= 4 is 29.0 Å². The summed E-state index contributed by atoms with van der Waals surface area (Å²) in [5.74, 6) is 1.21. The van der Waals surface area contributed by atoms with Crippen LogP contribution >= 0.6 is 23.2 Å². The maximum atomic E-state index is 11.2. The first kappa shape index (κ1) is 20.7. The van der Waals surface area contributed by atoms with Gasteiger partial charge in [-0.2, -0.15) is 0 Å². The Morgan fingerprint density at radius 3 is 1.75 bits per heavy atom. The van der Waals surface area contributed by atoms with Crippen molar-refractivity contribution in [3.8, 4) is 0 Å². The molecule has 0 saturated heterocycles. The zero-order chi connectivity index (χ0) is 17.9. The molecule has 0 amide bonds. The second-order valence-corrected chi connectivity index (χ2v) is 5.94. The number of aliphatic hydroxyl groups excluding tert-OH is 1. The van der Waals surface area contributed by atoms with E-state index >= 15 is 0 Å². The van der Waals surface area contributed by atoms with Crippen LogP contribution in [0.15, 0.2) is 48.5 Å². The molecule has 2 rings (SSSR count). The van der Waals surface area contributed by atoms with E-state index in [4.69, 9.17) is 23.2 Å². The first-order valence-corrected chi connectivity index (χ1v) is 9.13.